The molecule has 1 heterocycles. The van der Waals surface area contributed by atoms with Gasteiger partial charge in [-0.2, -0.15) is 0 Å². The first kappa shape index (κ1) is 15.1. The van der Waals surface area contributed by atoms with Crippen LogP contribution in [0.5, 0.6) is 0 Å². The number of aliphatic carboxylic acids is 1. The zero-order chi connectivity index (χ0) is 14.5. The van der Waals surface area contributed by atoms with Gasteiger partial charge < -0.3 is 15.3 Å². The first-order valence-electron chi connectivity index (χ1n) is 6.58. The number of hydrogen-bond donors (Lipinski definition) is 2. The highest BCUT2D eigenvalue weighted by Crippen LogP contribution is 2.21. The van der Waals surface area contributed by atoms with Crippen LogP contribution in [0, 0.1) is 9.49 Å². The first-order chi connectivity index (χ1) is 9.54. The third-order valence-electron chi connectivity index (χ3n) is 3.46. The molecule has 20 heavy (non-hydrogen) atoms. The molecular weight excluding hydrogens is 371 g/mol. The van der Waals surface area contributed by atoms with Crippen molar-refractivity contribution in [3.63, 3.8) is 0 Å². The summed E-state index contributed by atoms with van der Waals surface area (Å²) in [5.74, 6) is -0.568. The minimum absolute atomic E-state index is 0.111. The van der Waals surface area contributed by atoms with E-state index in [0.29, 0.717) is 13.1 Å². The Morgan fingerprint density at radius 3 is 2.40 bits per heavy atom. The van der Waals surface area contributed by atoms with Gasteiger partial charge in [0.25, 0.3) is 0 Å². The number of nitrogens with zero attached hydrogens (tertiary/aromatic N) is 1. The van der Waals surface area contributed by atoms with E-state index in [2.05, 4.69) is 27.9 Å². The van der Waals surface area contributed by atoms with Crippen LogP contribution in [0.3, 0.4) is 0 Å². The van der Waals surface area contributed by atoms with E-state index >= 15 is 0 Å². The molecular formula is C14H17IN2O3. The zero-order valence-corrected chi connectivity index (χ0v) is 13.2. The Hall–Kier alpha value is -1.31. The molecule has 0 atom stereocenters. The van der Waals surface area contributed by atoms with Crippen molar-refractivity contribution in [2.45, 2.75) is 19.3 Å². The number of likely N-dealkylation sites (tertiary alicyclic amines) is 1. The minimum atomic E-state index is -0.758. The second-order valence-electron chi connectivity index (χ2n) is 4.97. The molecule has 2 N–H and O–H groups in total. The first-order valence-corrected chi connectivity index (χ1v) is 7.66. The molecule has 5 nitrogen and oxygen atoms in total. The molecule has 0 aromatic heterocycles. The number of rotatable bonds is 3. The number of halogens is 1. The largest absolute Gasteiger partial charge is 0.481 e. The molecule has 0 aliphatic carbocycles. The van der Waals surface area contributed by atoms with Gasteiger partial charge in [-0.1, -0.05) is 0 Å². The highest BCUT2D eigenvalue weighted by molar-refractivity contribution is 14.1. The number of anilines is 1. The van der Waals surface area contributed by atoms with E-state index in [4.69, 9.17) is 5.11 Å². The predicted molar refractivity (Wildman–Crippen MR) is 84.7 cm³/mol. The van der Waals surface area contributed by atoms with E-state index in [1.165, 1.54) is 0 Å². The van der Waals surface area contributed by atoms with Gasteiger partial charge >= 0.3 is 12.0 Å². The van der Waals surface area contributed by atoms with Crippen LogP contribution in [-0.4, -0.2) is 35.1 Å². The molecule has 0 unspecified atom stereocenters. The Morgan fingerprint density at radius 1 is 1.25 bits per heavy atom. The number of carbonyl (C=O) groups is 2. The van der Waals surface area contributed by atoms with Gasteiger partial charge in [0.15, 0.2) is 0 Å². The summed E-state index contributed by atoms with van der Waals surface area (Å²) in [6, 6.07) is 7.51. The van der Waals surface area contributed by atoms with Crippen molar-refractivity contribution < 1.29 is 14.7 Å². The van der Waals surface area contributed by atoms with Gasteiger partial charge in [-0.05, 0) is 65.6 Å². The maximum absolute atomic E-state index is 12.1. The van der Waals surface area contributed by atoms with E-state index in [-0.39, 0.29) is 18.4 Å². The minimum Gasteiger partial charge on any atom is -0.481 e. The molecule has 1 aromatic rings. The van der Waals surface area contributed by atoms with Gasteiger partial charge in [-0.3, -0.25) is 4.79 Å². The second kappa shape index (κ2) is 6.92. The fourth-order valence-corrected chi connectivity index (χ4v) is 2.68. The van der Waals surface area contributed by atoms with Crippen LogP contribution in [0.1, 0.15) is 19.3 Å². The van der Waals surface area contributed by atoms with E-state index in [0.717, 1.165) is 22.1 Å². The SMILES string of the molecule is O=C(O)CC1CCN(C(=O)Nc2ccc(I)cc2)CC1. The molecule has 1 fully saturated rings. The monoisotopic (exact) mass is 388 g/mol. The third-order valence-corrected chi connectivity index (χ3v) is 4.18. The summed E-state index contributed by atoms with van der Waals surface area (Å²) < 4.78 is 1.12. The van der Waals surface area contributed by atoms with Gasteiger partial charge in [0.1, 0.15) is 0 Å². The molecule has 0 radical (unpaired) electrons. The topological polar surface area (TPSA) is 69.6 Å². The van der Waals surface area contributed by atoms with Crippen molar-refractivity contribution in [2.24, 2.45) is 5.92 Å². The zero-order valence-electron chi connectivity index (χ0n) is 11.0. The van der Waals surface area contributed by atoms with Gasteiger partial charge in [-0.15, -0.1) is 0 Å². The molecule has 1 aliphatic rings. The number of carbonyl (C=O) groups excluding carboxylic acids is 1. The highest BCUT2D eigenvalue weighted by Gasteiger charge is 2.24. The maximum atomic E-state index is 12.1. The molecule has 108 valence electrons. The molecule has 2 rings (SSSR count). The fourth-order valence-electron chi connectivity index (χ4n) is 2.32. The van der Waals surface area contributed by atoms with E-state index in [9.17, 15) is 9.59 Å². The number of nitrogens with one attached hydrogen (secondary N) is 1. The Balaban J connectivity index is 1.82. The Kier molecular flexibility index (Phi) is 5.22. The van der Waals surface area contributed by atoms with Crippen molar-refractivity contribution in [2.75, 3.05) is 18.4 Å². The van der Waals surface area contributed by atoms with Crippen LogP contribution < -0.4 is 5.32 Å². The number of urea groups is 1. The summed E-state index contributed by atoms with van der Waals surface area (Å²) in [4.78, 5) is 24.5. The van der Waals surface area contributed by atoms with Crippen LogP contribution in [0.15, 0.2) is 24.3 Å². The Morgan fingerprint density at radius 2 is 1.85 bits per heavy atom. The number of piperidine rings is 1. The van der Waals surface area contributed by atoms with Crippen molar-refractivity contribution in [3.8, 4) is 0 Å². The molecule has 1 aromatic carbocycles. The average molecular weight is 388 g/mol. The van der Waals surface area contributed by atoms with Crippen LogP contribution in [0.2, 0.25) is 0 Å². The summed E-state index contributed by atoms with van der Waals surface area (Å²) in [5, 5.41) is 11.6. The van der Waals surface area contributed by atoms with Gasteiger partial charge in [-0.25, -0.2) is 4.79 Å². The van der Waals surface area contributed by atoms with Crippen molar-refractivity contribution in [3.05, 3.63) is 27.8 Å². The van der Waals surface area contributed by atoms with Gasteiger partial charge in [0.05, 0.1) is 0 Å². The summed E-state index contributed by atoms with van der Waals surface area (Å²) in [5.41, 5.74) is 0.781. The molecule has 0 bridgehead atoms. The second-order valence-corrected chi connectivity index (χ2v) is 6.21. The predicted octanol–water partition coefficient (Wildman–Crippen LogP) is 3.01. The molecule has 1 saturated heterocycles. The normalized spacial score (nSPS) is 15.9. The summed E-state index contributed by atoms with van der Waals surface area (Å²) in [6.07, 6.45) is 1.71. The lowest BCUT2D eigenvalue weighted by Crippen LogP contribution is -2.41. The van der Waals surface area contributed by atoms with E-state index < -0.39 is 5.97 Å². The summed E-state index contributed by atoms with van der Waals surface area (Å²) in [6.45, 7) is 1.24. The highest BCUT2D eigenvalue weighted by atomic mass is 127. The molecule has 0 saturated carbocycles. The number of carboxylic acid groups (broad SMARTS) is 1. The van der Waals surface area contributed by atoms with Crippen LogP contribution in [0.4, 0.5) is 10.5 Å². The van der Waals surface area contributed by atoms with Crippen molar-refractivity contribution in [1.82, 2.24) is 4.90 Å². The Labute approximate surface area is 131 Å². The lowest BCUT2D eigenvalue weighted by molar-refractivity contribution is -0.138. The Bertz CT molecular complexity index is 482. The van der Waals surface area contributed by atoms with Crippen molar-refractivity contribution >= 4 is 40.3 Å². The lowest BCUT2D eigenvalue weighted by atomic mass is 9.94. The summed E-state index contributed by atoms with van der Waals surface area (Å²) in [7, 11) is 0. The fraction of sp³-hybridized carbons (Fsp3) is 0.429. The summed E-state index contributed by atoms with van der Waals surface area (Å²) >= 11 is 2.21. The standard InChI is InChI=1S/C14H17IN2O3/c15-11-1-3-12(4-2-11)16-14(20)17-7-5-10(6-8-17)9-13(18)19/h1-4,10H,5-9H2,(H,16,20)(H,18,19). The lowest BCUT2D eigenvalue weighted by Gasteiger charge is -2.31. The van der Waals surface area contributed by atoms with Crippen LogP contribution in [-0.2, 0) is 4.79 Å². The van der Waals surface area contributed by atoms with Gasteiger partial charge in [0.2, 0.25) is 0 Å². The maximum Gasteiger partial charge on any atom is 0.321 e. The van der Waals surface area contributed by atoms with E-state index in [1.54, 1.807) is 4.90 Å². The average Bonchev–Trinajstić information content (AvgIpc) is 2.41. The van der Waals surface area contributed by atoms with Crippen molar-refractivity contribution in [1.29, 1.82) is 0 Å². The molecule has 1 aliphatic heterocycles. The third kappa shape index (κ3) is 4.36. The quantitative estimate of drug-likeness (QED) is 0.783. The smallest absolute Gasteiger partial charge is 0.321 e. The van der Waals surface area contributed by atoms with Crippen LogP contribution >= 0.6 is 22.6 Å². The number of amides is 2. The number of carboxylic acids is 1. The van der Waals surface area contributed by atoms with Gasteiger partial charge in [0, 0.05) is 28.8 Å². The molecule has 6 heteroatoms. The number of benzene rings is 1. The molecule has 2 amide bonds. The molecule has 0 spiro atoms. The number of hydrogen-bond acceptors (Lipinski definition) is 2. The van der Waals surface area contributed by atoms with Crippen LogP contribution in [0.25, 0.3) is 0 Å². The van der Waals surface area contributed by atoms with E-state index in [1.807, 2.05) is 24.3 Å².